The normalized spacial score (nSPS) is 13.5. The van der Waals surface area contributed by atoms with E-state index in [1.807, 2.05) is 56.5 Å². The molecule has 302 valence electrons. The number of aryl methyl sites for hydroxylation is 3. The van der Waals surface area contributed by atoms with Gasteiger partial charge in [-0.2, -0.15) is 5.26 Å². The molecule has 1 aliphatic rings. The number of aliphatic imine (C=N–C) groups is 1. The number of aromatic nitrogens is 4. The van der Waals surface area contributed by atoms with Gasteiger partial charge in [0, 0.05) is 50.3 Å². The molecule has 0 unspecified atom stereocenters. The molecule has 16 heteroatoms. The first-order valence-electron chi connectivity index (χ1n) is 18.9. The fraction of sp³-hybridized carbons (Fsp3) is 0.182. The third-order valence-corrected chi connectivity index (χ3v) is 13.5. The van der Waals surface area contributed by atoms with E-state index in [2.05, 4.69) is 31.3 Å². The van der Waals surface area contributed by atoms with Gasteiger partial charge in [0.15, 0.2) is 5.82 Å². The molecule has 4 heterocycles. The molecule has 0 fully saturated rings. The first-order valence-corrected chi connectivity index (χ1v) is 21.5. The summed E-state index contributed by atoms with van der Waals surface area (Å²) in [5, 5.41) is 32.7. The van der Waals surface area contributed by atoms with Crippen LogP contribution in [0.4, 0.5) is 5.69 Å². The molecule has 0 aliphatic carbocycles. The summed E-state index contributed by atoms with van der Waals surface area (Å²) in [6, 6.07) is 24.1. The molecule has 13 nitrogen and oxygen atoms in total. The maximum absolute atomic E-state index is 13.3. The summed E-state index contributed by atoms with van der Waals surface area (Å²) >= 11 is 8.36. The van der Waals surface area contributed by atoms with Crippen LogP contribution in [0.2, 0.25) is 5.02 Å². The van der Waals surface area contributed by atoms with Crippen molar-refractivity contribution in [1.82, 2.24) is 25.1 Å². The van der Waals surface area contributed by atoms with Crippen LogP contribution < -0.4 is 10.0 Å². The molecule has 0 spiro atoms. The average molecular weight is 857 g/mol. The van der Waals surface area contributed by atoms with Crippen molar-refractivity contribution < 1.29 is 23.1 Å². The third kappa shape index (κ3) is 7.45. The number of carbonyl (C=O) groups excluding carboxylic acids is 1. The predicted molar refractivity (Wildman–Crippen MR) is 232 cm³/mol. The molecule has 60 heavy (non-hydrogen) atoms. The summed E-state index contributed by atoms with van der Waals surface area (Å²) in [5.74, 6) is -0.140. The molecule has 0 radical (unpaired) electrons. The molecule has 7 aromatic rings. The number of hydrogen-bond acceptors (Lipinski definition) is 9. The topological polar surface area (TPSA) is 195 Å². The second-order valence-electron chi connectivity index (χ2n) is 14.5. The average Bonchev–Trinajstić information content (AvgIpc) is 3.90. The Balaban J connectivity index is 0.929. The van der Waals surface area contributed by atoms with Crippen molar-refractivity contribution >= 4 is 67.1 Å². The number of H-pyrrole nitrogens is 1. The highest BCUT2D eigenvalue weighted by Crippen LogP contribution is 2.40. The first kappa shape index (κ1) is 40.2. The minimum Gasteiger partial charge on any atom is -0.481 e. The van der Waals surface area contributed by atoms with E-state index in [0.717, 1.165) is 48.8 Å². The number of nitrogens with zero attached hydrogens (tertiary/aromatic N) is 5. The highest BCUT2D eigenvalue weighted by Gasteiger charge is 2.32. The number of benzene rings is 4. The standard InChI is InChI=1S/C44H37ClN8O5S2/c1-23-5-16-35(41-38(23)31(21-46)22-48-41)52-60(57,58)32-13-6-27(7-14-32)17-18-47-43(56)30-12-15-33(34(45)19-30)28-8-10-29(11-9-28)40-39-24(2)25(3)59-44(39)53-26(4)50-51-42(53)36(49-40)20-37(54)55/h5-16,19,22,36,48,52H,17-18,20H2,1-4H3,(H,47,56)(H,54,55)/t36-/m0/s1. The Morgan fingerprint density at radius 3 is 2.42 bits per heavy atom. The fourth-order valence-corrected chi connectivity index (χ4v) is 10.0. The van der Waals surface area contributed by atoms with Crippen LogP contribution in [-0.2, 0) is 21.2 Å². The summed E-state index contributed by atoms with van der Waals surface area (Å²) in [6.07, 6.45) is 1.78. The second-order valence-corrected chi connectivity index (χ2v) is 17.8. The number of rotatable bonds is 11. The smallest absolute Gasteiger partial charge is 0.306 e. The Labute approximate surface area is 354 Å². The molecule has 0 saturated carbocycles. The maximum Gasteiger partial charge on any atom is 0.306 e. The summed E-state index contributed by atoms with van der Waals surface area (Å²) < 4.78 is 31.1. The molecule has 3 aromatic heterocycles. The summed E-state index contributed by atoms with van der Waals surface area (Å²) in [5.41, 5.74) is 8.40. The van der Waals surface area contributed by atoms with Gasteiger partial charge < -0.3 is 15.4 Å². The van der Waals surface area contributed by atoms with Gasteiger partial charge >= 0.3 is 5.97 Å². The molecule has 1 atom stereocenters. The Morgan fingerprint density at radius 1 is 0.983 bits per heavy atom. The molecule has 0 saturated heterocycles. The number of aromatic amines is 1. The van der Waals surface area contributed by atoms with Gasteiger partial charge in [0.25, 0.3) is 15.9 Å². The van der Waals surface area contributed by atoms with Crippen molar-refractivity contribution in [2.75, 3.05) is 11.3 Å². The number of nitriles is 1. The monoisotopic (exact) mass is 856 g/mol. The largest absolute Gasteiger partial charge is 0.481 e. The quantitative estimate of drug-likeness (QED) is 0.0996. The number of carboxylic acids is 1. The van der Waals surface area contributed by atoms with Gasteiger partial charge in [-0.3, -0.25) is 23.9 Å². The van der Waals surface area contributed by atoms with E-state index in [-0.39, 0.29) is 17.2 Å². The molecule has 8 rings (SSSR count). The summed E-state index contributed by atoms with van der Waals surface area (Å²) in [7, 11) is -3.93. The van der Waals surface area contributed by atoms with Crippen LogP contribution in [0.3, 0.4) is 0 Å². The zero-order valence-corrected chi connectivity index (χ0v) is 35.2. The van der Waals surface area contributed by atoms with Crippen molar-refractivity contribution in [3.63, 3.8) is 0 Å². The van der Waals surface area contributed by atoms with Crippen molar-refractivity contribution in [2.24, 2.45) is 4.99 Å². The number of fused-ring (bicyclic) bond motifs is 4. The number of sulfonamides is 1. The number of carbonyl (C=O) groups is 2. The number of amides is 1. The van der Waals surface area contributed by atoms with E-state index in [1.165, 1.54) is 12.1 Å². The molecule has 4 aromatic carbocycles. The van der Waals surface area contributed by atoms with E-state index < -0.39 is 22.0 Å². The van der Waals surface area contributed by atoms with Crippen molar-refractivity contribution in [1.29, 1.82) is 5.26 Å². The Bertz CT molecular complexity index is 3050. The zero-order chi connectivity index (χ0) is 42.5. The van der Waals surface area contributed by atoms with Crippen LogP contribution >= 0.6 is 22.9 Å². The maximum atomic E-state index is 13.3. The molecular formula is C44H37ClN8O5S2. The van der Waals surface area contributed by atoms with Crippen LogP contribution in [0, 0.1) is 39.0 Å². The van der Waals surface area contributed by atoms with E-state index >= 15 is 0 Å². The van der Waals surface area contributed by atoms with Crippen molar-refractivity contribution in [2.45, 2.75) is 51.5 Å². The van der Waals surface area contributed by atoms with Gasteiger partial charge in [-0.15, -0.1) is 21.5 Å². The lowest BCUT2D eigenvalue weighted by atomic mass is 9.96. The Morgan fingerprint density at radius 2 is 1.72 bits per heavy atom. The van der Waals surface area contributed by atoms with Crippen molar-refractivity contribution in [3.8, 4) is 22.2 Å². The SMILES string of the molecule is Cc1sc2c(c1C)C(c1ccc(-c3ccc(C(=O)NCCc4ccc(S(=O)(=O)Nc5ccc(C)c6c(C#N)c[nH]c56)cc4)cc3Cl)cc1)=N[C@@H](CC(=O)O)c1nnc(C)n1-2. The number of nitrogens with one attached hydrogen (secondary N) is 3. The van der Waals surface area contributed by atoms with E-state index in [1.54, 1.807) is 60.0 Å². The number of thiophene rings is 1. The van der Waals surface area contributed by atoms with Gasteiger partial charge in [0.05, 0.1) is 33.8 Å². The first-order chi connectivity index (χ1) is 28.7. The van der Waals surface area contributed by atoms with Gasteiger partial charge in [-0.05, 0) is 86.7 Å². The minimum absolute atomic E-state index is 0.0750. The van der Waals surface area contributed by atoms with Crippen LogP contribution in [0.1, 0.15) is 72.7 Å². The van der Waals surface area contributed by atoms with E-state index in [9.17, 15) is 28.4 Å². The highest BCUT2D eigenvalue weighted by atomic mass is 35.5. The highest BCUT2D eigenvalue weighted by molar-refractivity contribution is 7.92. The van der Waals surface area contributed by atoms with E-state index in [4.69, 9.17) is 16.6 Å². The number of anilines is 1. The molecule has 0 bridgehead atoms. The molecular weight excluding hydrogens is 820 g/mol. The number of halogens is 1. The molecule has 4 N–H and O–H groups in total. The van der Waals surface area contributed by atoms with Gasteiger partial charge in [-0.25, -0.2) is 8.42 Å². The van der Waals surface area contributed by atoms with Crippen LogP contribution in [-0.4, -0.2) is 57.4 Å². The lowest BCUT2D eigenvalue weighted by molar-refractivity contribution is -0.137. The predicted octanol–water partition coefficient (Wildman–Crippen LogP) is 8.38. The third-order valence-electron chi connectivity index (χ3n) is 10.6. The van der Waals surface area contributed by atoms with Crippen LogP contribution in [0.5, 0.6) is 0 Å². The molecule has 1 aliphatic heterocycles. The second kappa shape index (κ2) is 15.9. The van der Waals surface area contributed by atoms with Gasteiger partial charge in [0.2, 0.25) is 0 Å². The lowest BCUT2D eigenvalue weighted by Crippen LogP contribution is -2.25. The summed E-state index contributed by atoms with van der Waals surface area (Å²) in [4.78, 5) is 34.3. The number of carboxylic acid groups (broad SMARTS) is 1. The van der Waals surface area contributed by atoms with Gasteiger partial charge in [0.1, 0.15) is 22.9 Å². The number of aliphatic carboxylic acids is 1. The number of hydrogen-bond donors (Lipinski definition) is 4. The zero-order valence-electron chi connectivity index (χ0n) is 32.8. The van der Waals surface area contributed by atoms with Gasteiger partial charge in [-0.1, -0.05) is 60.1 Å². The Hall–Kier alpha value is -6.60. The lowest BCUT2D eigenvalue weighted by Gasteiger charge is -2.12. The van der Waals surface area contributed by atoms with Crippen molar-refractivity contribution in [3.05, 3.63) is 146 Å². The fourth-order valence-electron chi connectivity index (χ4n) is 7.44. The Kier molecular flexibility index (Phi) is 10.6. The van der Waals surface area contributed by atoms with Crippen LogP contribution in [0.25, 0.3) is 27.0 Å². The minimum atomic E-state index is -3.93. The summed E-state index contributed by atoms with van der Waals surface area (Å²) in [6.45, 7) is 8.10. The van der Waals surface area contributed by atoms with Crippen LogP contribution in [0.15, 0.2) is 94.9 Å². The van der Waals surface area contributed by atoms with E-state index in [0.29, 0.717) is 63.1 Å². The molecule has 1 amide bonds.